The third kappa shape index (κ3) is 3.76. The highest BCUT2D eigenvalue weighted by molar-refractivity contribution is 6.11. The Labute approximate surface area is 135 Å². The van der Waals surface area contributed by atoms with E-state index in [1.54, 1.807) is 26.0 Å². The summed E-state index contributed by atoms with van der Waals surface area (Å²) in [7, 11) is 0. The zero-order chi connectivity index (χ0) is 17.0. The van der Waals surface area contributed by atoms with Crippen LogP contribution in [-0.2, 0) is 0 Å². The van der Waals surface area contributed by atoms with E-state index >= 15 is 0 Å². The topological polar surface area (TPSA) is 92.4 Å². The van der Waals surface area contributed by atoms with Gasteiger partial charge in [-0.05, 0) is 31.0 Å². The van der Waals surface area contributed by atoms with Gasteiger partial charge in [0.2, 0.25) is 5.91 Å². The number of carbonyl (C=O) groups excluding carboxylic acids is 2. The van der Waals surface area contributed by atoms with Crippen LogP contribution in [0.25, 0.3) is 11.1 Å². The van der Waals surface area contributed by atoms with Crippen molar-refractivity contribution in [2.24, 2.45) is 5.73 Å². The van der Waals surface area contributed by atoms with Crippen LogP contribution in [0.4, 0.5) is 0 Å². The van der Waals surface area contributed by atoms with Crippen molar-refractivity contribution < 1.29 is 14.7 Å². The number of nitrogens with two attached hydrogens (primary N) is 1. The zero-order valence-electron chi connectivity index (χ0n) is 13.2. The van der Waals surface area contributed by atoms with Gasteiger partial charge in [-0.2, -0.15) is 0 Å². The Morgan fingerprint density at radius 2 is 1.74 bits per heavy atom. The molecule has 5 nitrogen and oxygen atoms in total. The van der Waals surface area contributed by atoms with Crippen LogP contribution in [0.5, 0.6) is 0 Å². The van der Waals surface area contributed by atoms with Crippen molar-refractivity contribution >= 4 is 11.8 Å². The van der Waals surface area contributed by atoms with Crippen molar-refractivity contribution in [1.82, 2.24) is 5.32 Å². The van der Waals surface area contributed by atoms with Crippen LogP contribution in [0, 0.1) is 0 Å². The van der Waals surface area contributed by atoms with Gasteiger partial charge < -0.3 is 16.2 Å². The minimum absolute atomic E-state index is 0.151. The molecule has 5 heteroatoms. The molecule has 4 N–H and O–H groups in total. The van der Waals surface area contributed by atoms with Crippen molar-refractivity contribution in [3.05, 3.63) is 59.7 Å². The van der Waals surface area contributed by atoms with E-state index in [-0.39, 0.29) is 17.7 Å². The van der Waals surface area contributed by atoms with Crippen LogP contribution >= 0.6 is 0 Å². The number of benzene rings is 2. The van der Waals surface area contributed by atoms with Crippen LogP contribution in [0.1, 0.15) is 34.6 Å². The summed E-state index contributed by atoms with van der Waals surface area (Å²) in [4.78, 5) is 24.4. The highest BCUT2D eigenvalue weighted by atomic mass is 16.3. The van der Waals surface area contributed by atoms with Crippen LogP contribution in [0.3, 0.4) is 0 Å². The molecule has 0 radical (unpaired) electrons. The van der Waals surface area contributed by atoms with E-state index in [0.717, 1.165) is 5.56 Å². The van der Waals surface area contributed by atoms with E-state index in [9.17, 15) is 14.7 Å². The molecule has 0 aromatic heterocycles. The van der Waals surface area contributed by atoms with Crippen LogP contribution in [0.2, 0.25) is 0 Å². The lowest BCUT2D eigenvalue weighted by Crippen LogP contribution is -2.46. The second-order valence-corrected chi connectivity index (χ2v) is 5.95. The number of hydrogen-bond acceptors (Lipinski definition) is 3. The molecule has 2 aromatic rings. The maximum Gasteiger partial charge on any atom is 0.253 e. The van der Waals surface area contributed by atoms with Gasteiger partial charge in [0.05, 0.1) is 23.3 Å². The average Bonchev–Trinajstić information content (AvgIpc) is 2.54. The van der Waals surface area contributed by atoms with Gasteiger partial charge in [0.15, 0.2) is 0 Å². The summed E-state index contributed by atoms with van der Waals surface area (Å²) in [5, 5.41) is 12.1. The molecule has 0 bridgehead atoms. The van der Waals surface area contributed by atoms with E-state index in [1.807, 2.05) is 30.3 Å². The SMILES string of the molecule is CC(C)(CO)NC(=O)c1c(C(N)=O)cccc1-c1ccccc1. The number of amides is 2. The van der Waals surface area contributed by atoms with Gasteiger partial charge in [-0.3, -0.25) is 9.59 Å². The minimum atomic E-state index is -0.810. The van der Waals surface area contributed by atoms with Crippen LogP contribution in [0.15, 0.2) is 48.5 Å². The van der Waals surface area contributed by atoms with Crippen LogP contribution < -0.4 is 11.1 Å². The Bertz CT molecular complexity index is 724. The van der Waals surface area contributed by atoms with Crippen molar-refractivity contribution in [3.8, 4) is 11.1 Å². The molecule has 0 heterocycles. The lowest BCUT2D eigenvalue weighted by Gasteiger charge is -2.25. The molecule has 23 heavy (non-hydrogen) atoms. The molecule has 0 unspecified atom stereocenters. The number of aliphatic hydroxyl groups excluding tert-OH is 1. The Morgan fingerprint density at radius 1 is 1.09 bits per heavy atom. The Hall–Kier alpha value is -2.66. The van der Waals surface area contributed by atoms with Crippen molar-refractivity contribution in [2.75, 3.05) is 6.61 Å². The number of primary amides is 1. The quantitative estimate of drug-likeness (QED) is 0.788. The molecule has 2 amide bonds. The molecular weight excluding hydrogens is 292 g/mol. The maximum absolute atomic E-state index is 12.7. The second kappa shape index (κ2) is 6.62. The predicted octanol–water partition coefficient (Wildman–Crippen LogP) is 1.95. The number of rotatable bonds is 5. The number of carbonyl (C=O) groups is 2. The molecule has 0 saturated heterocycles. The van der Waals surface area contributed by atoms with Gasteiger partial charge in [0.25, 0.3) is 5.91 Å². The monoisotopic (exact) mass is 312 g/mol. The van der Waals surface area contributed by atoms with E-state index in [4.69, 9.17) is 5.73 Å². The predicted molar refractivity (Wildman–Crippen MR) is 89.0 cm³/mol. The van der Waals surface area contributed by atoms with Crippen molar-refractivity contribution in [2.45, 2.75) is 19.4 Å². The first-order chi connectivity index (χ1) is 10.9. The fourth-order valence-electron chi connectivity index (χ4n) is 2.27. The number of hydrogen-bond donors (Lipinski definition) is 3. The van der Waals surface area contributed by atoms with Gasteiger partial charge in [-0.1, -0.05) is 42.5 Å². The lowest BCUT2D eigenvalue weighted by molar-refractivity contribution is 0.0862. The van der Waals surface area contributed by atoms with Gasteiger partial charge in [-0.25, -0.2) is 0 Å². The summed E-state index contributed by atoms with van der Waals surface area (Å²) in [6, 6.07) is 14.3. The number of aliphatic hydroxyl groups is 1. The standard InChI is InChI=1S/C18H20N2O3/c1-18(2,11-21)20-17(23)15-13(12-7-4-3-5-8-12)9-6-10-14(15)16(19)22/h3-10,21H,11H2,1-2H3,(H2,19,22)(H,20,23). The average molecular weight is 312 g/mol. The second-order valence-electron chi connectivity index (χ2n) is 5.95. The summed E-state index contributed by atoms with van der Waals surface area (Å²) in [5.74, 6) is -1.12. The smallest absolute Gasteiger partial charge is 0.253 e. The maximum atomic E-state index is 12.7. The fourth-order valence-corrected chi connectivity index (χ4v) is 2.27. The summed E-state index contributed by atoms with van der Waals surface area (Å²) in [5.41, 5.74) is 6.41. The Balaban J connectivity index is 2.59. The molecule has 2 aromatic carbocycles. The first-order valence-electron chi connectivity index (χ1n) is 7.27. The van der Waals surface area contributed by atoms with Gasteiger partial charge >= 0.3 is 0 Å². The van der Waals surface area contributed by atoms with Gasteiger partial charge in [-0.15, -0.1) is 0 Å². The molecule has 0 aliphatic rings. The van der Waals surface area contributed by atoms with Crippen molar-refractivity contribution in [1.29, 1.82) is 0 Å². The summed E-state index contributed by atoms with van der Waals surface area (Å²) >= 11 is 0. The molecular formula is C18H20N2O3. The summed E-state index contributed by atoms with van der Waals surface area (Å²) in [6.07, 6.45) is 0. The molecule has 120 valence electrons. The lowest BCUT2D eigenvalue weighted by atomic mass is 9.93. The first kappa shape index (κ1) is 16.7. The van der Waals surface area contributed by atoms with Gasteiger partial charge in [0.1, 0.15) is 0 Å². The summed E-state index contributed by atoms with van der Waals surface area (Å²) < 4.78 is 0. The minimum Gasteiger partial charge on any atom is -0.394 e. The third-order valence-electron chi connectivity index (χ3n) is 3.49. The highest BCUT2D eigenvalue weighted by Gasteiger charge is 2.25. The molecule has 0 aliphatic heterocycles. The molecule has 0 spiro atoms. The zero-order valence-corrected chi connectivity index (χ0v) is 13.2. The number of nitrogens with one attached hydrogen (secondary N) is 1. The van der Waals surface area contributed by atoms with Crippen LogP contribution in [-0.4, -0.2) is 29.1 Å². The largest absolute Gasteiger partial charge is 0.394 e. The summed E-state index contributed by atoms with van der Waals surface area (Å²) in [6.45, 7) is 3.16. The Kier molecular flexibility index (Phi) is 4.81. The first-order valence-corrected chi connectivity index (χ1v) is 7.27. The van der Waals surface area contributed by atoms with E-state index in [1.165, 1.54) is 6.07 Å². The molecule has 0 fully saturated rings. The molecule has 0 atom stereocenters. The fraction of sp³-hybridized carbons (Fsp3) is 0.222. The molecule has 0 aliphatic carbocycles. The Morgan fingerprint density at radius 3 is 2.30 bits per heavy atom. The van der Waals surface area contributed by atoms with E-state index in [0.29, 0.717) is 5.56 Å². The van der Waals surface area contributed by atoms with Crippen molar-refractivity contribution in [3.63, 3.8) is 0 Å². The molecule has 2 rings (SSSR count). The van der Waals surface area contributed by atoms with Gasteiger partial charge in [0, 0.05) is 0 Å². The highest BCUT2D eigenvalue weighted by Crippen LogP contribution is 2.26. The molecule has 0 saturated carbocycles. The van der Waals surface area contributed by atoms with E-state index < -0.39 is 17.4 Å². The van der Waals surface area contributed by atoms with E-state index in [2.05, 4.69) is 5.32 Å². The normalized spacial score (nSPS) is 11.1. The third-order valence-corrected chi connectivity index (χ3v) is 3.49.